The number of aromatic nitrogens is 3. The molecule has 0 aliphatic rings. The largest absolute Gasteiger partial charge is 0.453 e. The van der Waals surface area contributed by atoms with E-state index in [0.29, 0.717) is 40.8 Å². The molecule has 1 aromatic heterocycles. The molecule has 152 valence electrons. The van der Waals surface area contributed by atoms with E-state index in [4.69, 9.17) is 5.84 Å². The molecule has 8 nitrogen and oxygen atoms in total. The number of alkyl halides is 3. The number of benzene rings is 1. The average molecular weight is 416 g/mol. The van der Waals surface area contributed by atoms with E-state index >= 15 is 0 Å². The fraction of sp³-hybridized carbons (Fsp3) is 0.375. The first kappa shape index (κ1) is 21.5. The summed E-state index contributed by atoms with van der Waals surface area (Å²) in [6.07, 6.45) is -4.74. The fourth-order valence-corrected chi connectivity index (χ4v) is 2.98. The fourth-order valence-electron chi connectivity index (χ4n) is 2.32. The Balaban J connectivity index is 2.00. The number of anilines is 1. The van der Waals surface area contributed by atoms with Crippen LogP contribution < -0.4 is 11.2 Å². The summed E-state index contributed by atoms with van der Waals surface area (Å²) in [6, 6.07) is 6.41. The van der Waals surface area contributed by atoms with Gasteiger partial charge in [-0.05, 0) is 32.0 Å². The van der Waals surface area contributed by atoms with E-state index in [1.54, 1.807) is 23.1 Å². The molecule has 2 amide bonds. The van der Waals surface area contributed by atoms with Crippen LogP contribution in [0.3, 0.4) is 0 Å². The molecule has 12 heteroatoms. The number of thioether (sulfide) groups is 1. The topological polar surface area (TPSA) is 106 Å². The third-order valence-corrected chi connectivity index (χ3v) is 4.64. The standard InChI is InChI=1S/C16H19F3N6O2S/c1-3-24(4-2)13(27)10-6-5-7-11(8-10)21-12(26)9-28-15-23-22-14(25(15)20)16(17,18)19/h5-8H,3-4,9,20H2,1-2H3,(H,21,26). The van der Waals surface area contributed by atoms with Crippen LogP contribution in [0.4, 0.5) is 18.9 Å². The first-order chi connectivity index (χ1) is 13.2. The van der Waals surface area contributed by atoms with E-state index in [2.05, 4.69) is 15.5 Å². The number of rotatable bonds is 7. The molecular weight excluding hydrogens is 397 g/mol. The summed E-state index contributed by atoms with van der Waals surface area (Å²) >= 11 is 0.711. The molecule has 0 radical (unpaired) electrons. The number of carbonyl (C=O) groups is 2. The summed E-state index contributed by atoms with van der Waals surface area (Å²) in [5, 5.41) is 8.66. The lowest BCUT2D eigenvalue weighted by molar-refractivity contribution is -0.146. The second-order valence-corrected chi connectivity index (χ2v) is 6.51. The minimum atomic E-state index is -4.74. The van der Waals surface area contributed by atoms with Gasteiger partial charge in [-0.3, -0.25) is 9.59 Å². The van der Waals surface area contributed by atoms with Crippen molar-refractivity contribution in [3.05, 3.63) is 35.7 Å². The Hall–Kier alpha value is -2.76. The van der Waals surface area contributed by atoms with Crippen LogP contribution >= 0.6 is 11.8 Å². The van der Waals surface area contributed by atoms with Gasteiger partial charge in [-0.25, -0.2) is 4.68 Å². The van der Waals surface area contributed by atoms with Gasteiger partial charge >= 0.3 is 6.18 Å². The summed E-state index contributed by atoms with van der Waals surface area (Å²) < 4.78 is 38.2. The van der Waals surface area contributed by atoms with Crippen LogP contribution in [0.25, 0.3) is 0 Å². The smallest absolute Gasteiger partial charge is 0.339 e. The third kappa shape index (κ3) is 5.15. The lowest BCUT2D eigenvalue weighted by Gasteiger charge is -2.19. The Kier molecular flexibility index (Phi) is 6.89. The molecular formula is C16H19F3N6O2S. The van der Waals surface area contributed by atoms with E-state index in [0.717, 1.165) is 0 Å². The predicted octanol–water partition coefficient (Wildman–Crippen LogP) is 2.22. The van der Waals surface area contributed by atoms with Gasteiger partial charge in [-0.15, -0.1) is 10.2 Å². The number of nitrogens with two attached hydrogens (primary N) is 1. The van der Waals surface area contributed by atoms with Crippen LogP contribution in [0.15, 0.2) is 29.4 Å². The number of nitrogens with one attached hydrogen (secondary N) is 1. The molecule has 0 saturated carbocycles. The Bertz CT molecular complexity index is 851. The minimum Gasteiger partial charge on any atom is -0.339 e. The molecule has 1 aromatic carbocycles. The molecule has 0 aliphatic carbocycles. The molecule has 0 aliphatic heterocycles. The Labute approximate surface area is 163 Å². The van der Waals surface area contributed by atoms with Gasteiger partial charge in [0.05, 0.1) is 5.75 Å². The summed E-state index contributed by atoms with van der Waals surface area (Å²) in [5.41, 5.74) is 0.819. The lowest BCUT2D eigenvalue weighted by atomic mass is 10.1. The number of amides is 2. The molecule has 28 heavy (non-hydrogen) atoms. The monoisotopic (exact) mass is 416 g/mol. The highest BCUT2D eigenvalue weighted by molar-refractivity contribution is 7.99. The van der Waals surface area contributed by atoms with Gasteiger partial charge in [0, 0.05) is 24.3 Å². The van der Waals surface area contributed by atoms with Gasteiger partial charge in [-0.1, -0.05) is 17.8 Å². The van der Waals surface area contributed by atoms with Crippen LogP contribution in [-0.4, -0.2) is 50.4 Å². The molecule has 2 aromatic rings. The minimum absolute atomic E-state index is 0.161. The number of carbonyl (C=O) groups excluding carboxylic acids is 2. The van der Waals surface area contributed by atoms with Gasteiger partial charge in [0.2, 0.25) is 11.1 Å². The van der Waals surface area contributed by atoms with Crippen LogP contribution in [0.5, 0.6) is 0 Å². The zero-order chi connectivity index (χ0) is 20.9. The first-order valence-corrected chi connectivity index (χ1v) is 9.25. The summed E-state index contributed by atoms with van der Waals surface area (Å²) in [6.45, 7) is 4.85. The number of hydrogen-bond acceptors (Lipinski definition) is 6. The van der Waals surface area contributed by atoms with Crippen LogP contribution in [-0.2, 0) is 11.0 Å². The number of nitrogen functional groups attached to an aromatic ring is 1. The second kappa shape index (κ2) is 8.95. The van der Waals surface area contributed by atoms with Crippen molar-refractivity contribution in [1.82, 2.24) is 19.8 Å². The van der Waals surface area contributed by atoms with Crippen molar-refractivity contribution in [2.24, 2.45) is 0 Å². The highest BCUT2D eigenvalue weighted by atomic mass is 32.2. The zero-order valence-corrected chi connectivity index (χ0v) is 16.0. The maximum atomic E-state index is 12.6. The van der Waals surface area contributed by atoms with Gasteiger partial charge in [0.25, 0.3) is 11.7 Å². The molecule has 0 saturated heterocycles. The summed E-state index contributed by atoms with van der Waals surface area (Å²) in [7, 11) is 0. The molecule has 1 heterocycles. The Morgan fingerprint density at radius 1 is 1.25 bits per heavy atom. The predicted molar refractivity (Wildman–Crippen MR) is 98.2 cm³/mol. The van der Waals surface area contributed by atoms with E-state index < -0.39 is 17.9 Å². The first-order valence-electron chi connectivity index (χ1n) is 8.27. The molecule has 0 bridgehead atoms. The average Bonchev–Trinajstić information content (AvgIpc) is 3.02. The van der Waals surface area contributed by atoms with Gasteiger partial charge in [0.1, 0.15) is 0 Å². The van der Waals surface area contributed by atoms with Crippen molar-refractivity contribution < 1.29 is 22.8 Å². The molecule has 3 N–H and O–H groups in total. The quantitative estimate of drug-likeness (QED) is 0.530. The zero-order valence-electron chi connectivity index (χ0n) is 15.2. The van der Waals surface area contributed by atoms with Gasteiger partial charge in [0.15, 0.2) is 0 Å². The van der Waals surface area contributed by atoms with Crippen molar-refractivity contribution >= 4 is 29.3 Å². The highest BCUT2D eigenvalue weighted by Gasteiger charge is 2.38. The number of nitrogens with zero attached hydrogens (tertiary/aromatic N) is 4. The summed E-state index contributed by atoms with van der Waals surface area (Å²) in [4.78, 5) is 26.1. The van der Waals surface area contributed by atoms with Crippen molar-refractivity contribution in [3.63, 3.8) is 0 Å². The van der Waals surface area contributed by atoms with Crippen molar-refractivity contribution in [1.29, 1.82) is 0 Å². The summed E-state index contributed by atoms with van der Waals surface area (Å²) in [5.74, 6) is 3.08. The van der Waals surface area contributed by atoms with Gasteiger partial charge < -0.3 is 16.1 Å². The van der Waals surface area contributed by atoms with Crippen LogP contribution in [0.2, 0.25) is 0 Å². The third-order valence-electron chi connectivity index (χ3n) is 3.69. The van der Waals surface area contributed by atoms with E-state index in [-0.39, 0.29) is 16.8 Å². The van der Waals surface area contributed by atoms with E-state index in [1.807, 2.05) is 13.8 Å². The SMILES string of the molecule is CCN(CC)C(=O)c1cccc(NC(=O)CSc2nnc(C(F)(F)F)n2N)c1. The molecule has 0 atom stereocenters. The molecule has 0 spiro atoms. The van der Waals surface area contributed by atoms with E-state index in [9.17, 15) is 22.8 Å². The second-order valence-electron chi connectivity index (χ2n) is 5.57. The van der Waals surface area contributed by atoms with Crippen LogP contribution in [0.1, 0.15) is 30.0 Å². The van der Waals surface area contributed by atoms with E-state index in [1.165, 1.54) is 6.07 Å². The van der Waals surface area contributed by atoms with Crippen molar-refractivity contribution in [2.45, 2.75) is 25.2 Å². The van der Waals surface area contributed by atoms with Crippen molar-refractivity contribution in [2.75, 3.05) is 30.0 Å². The lowest BCUT2D eigenvalue weighted by Crippen LogP contribution is -2.30. The van der Waals surface area contributed by atoms with Crippen molar-refractivity contribution in [3.8, 4) is 0 Å². The number of hydrogen-bond donors (Lipinski definition) is 2. The normalized spacial score (nSPS) is 11.3. The number of halogens is 3. The Morgan fingerprint density at radius 3 is 2.50 bits per heavy atom. The van der Waals surface area contributed by atoms with Gasteiger partial charge in [-0.2, -0.15) is 13.2 Å². The molecule has 0 fully saturated rings. The Morgan fingerprint density at radius 2 is 1.93 bits per heavy atom. The maximum absolute atomic E-state index is 12.6. The molecule has 0 unspecified atom stereocenters. The highest BCUT2D eigenvalue weighted by Crippen LogP contribution is 2.28. The van der Waals surface area contributed by atoms with Crippen LogP contribution in [0, 0.1) is 0 Å². The molecule has 2 rings (SSSR count). The maximum Gasteiger partial charge on any atom is 0.453 e.